The lowest BCUT2D eigenvalue weighted by Crippen LogP contribution is -2.11. The zero-order valence-corrected chi connectivity index (χ0v) is 12.9. The predicted octanol–water partition coefficient (Wildman–Crippen LogP) is 4.54. The summed E-state index contributed by atoms with van der Waals surface area (Å²) in [6, 6.07) is 19.7. The maximum atomic E-state index is 12.4. The highest BCUT2D eigenvalue weighted by Crippen LogP contribution is 2.38. The molecule has 3 heteroatoms. The first-order valence-corrected chi connectivity index (χ1v) is 7.96. The number of cyclic esters (lactones) is 1. The molecule has 1 heterocycles. The molecule has 1 aliphatic heterocycles. The van der Waals surface area contributed by atoms with Gasteiger partial charge in [0.25, 0.3) is 0 Å². The second kappa shape index (κ2) is 6.80. The molecular formula is C19H17ClO2. The van der Waals surface area contributed by atoms with Crippen molar-refractivity contribution in [1.29, 1.82) is 0 Å². The number of carbonyl (C=O) groups is 1. The molecule has 112 valence electrons. The lowest BCUT2D eigenvalue weighted by molar-refractivity contribution is -0.137. The van der Waals surface area contributed by atoms with Crippen LogP contribution in [0.2, 0.25) is 0 Å². The normalized spacial score (nSPS) is 17.7. The van der Waals surface area contributed by atoms with E-state index in [9.17, 15) is 4.79 Å². The molecule has 0 saturated carbocycles. The van der Waals surface area contributed by atoms with Crippen molar-refractivity contribution >= 4 is 28.7 Å². The van der Waals surface area contributed by atoms with Gasteiger partial charge in [0.05, 0.1) is 5.57 Å². The van der Waals surface area contributed by atoms with Gasteiger partial charge in [-0.2, -0.15) is 0 Å². The highest BCUT2D eigenvalue weighted by atomic mass is 35.5. The summed E-state index contributed by atoms with van der Waals surface area (Å²) < 4.78 is 5.63. The number of hydrogen-bond donors (Lipinski definition) is 0. The number of benzene rings is 2. The van der Waals surface area contributed by atoms with Crippen molar-refractivity contribution in [2.24, 2.45) is 0 Å². The number of hydrogen-bond acceptors (Lipinski definition) is 2. The standard InChI is InChI=1S/C19H17ClO2/c20-13-7-12-16-17(14-8-3-1-4-9-14)18(19(21)22-16)15-10-5-2-6-11-15/h1-6,8-11,16H,7,12-13H2. The Morgan fingerprint density at radius 3 is 2.09 bits per heavy atom. The molecule has 1 aliphatic rings. The number of carbonyl (C=O) groups excluding carboxylic acids is 1. The van der Waals surface area contributed by atoms with Gasteiger partial charge in [-0.25, -0.2) is 4.79 Å². The van der Waals surface area contributed by atoms with E-state index >= 15 is 0 Å². The van der Waals surface area contributed by atoms with E-state index in [4.69, 9.17) is 16.3 Å². The molecule has 0 fully saturated rings. The zero-order valence-electron chi connectivity index (χ0n) is 12.2. The Hall–Kier alpha value is -2.06. The molecule has 0 radical (unpaired) electrons. The average Bonchev–Trinajstić information content (AvgIpc) is 2.91. The summed E-state index contributed by atoms with van der Waals surface area (Å²) in [5, 5.41) is 0. The summed E-state index contributed by atoms with van der Waals surface area (Å²) >= 11 is 5.81. The average molecular weight is 313 g/mol. The monoisotopic (exact) mass is 312 g/mol. The molecule has 2 nitrogen and oxygen atoms in total. The third-order valence-corrected chi connectivity index (χ3v) is 4.06. The molecule has 0 aliphatic carbocycles. The van der Waals surface area contributed by atoms with E-state index in [2.05, 4.69) is 0 Å². The second-order valence-corrected chi connectivity index (χ2v) is 5.62. The van der Waals surface area contributed by atoms with E-state index in [1.165, 1.54) is 0 Å². The number of esters is 1. The minimum atomic E-state index is -0.246. The topological polar surface area (TPSA) is 26.3 Å². The number of alkyl halides is 1. The van der Waals surface area contributed by atoms with Crippen LogP contribution < -0.4 is 0 Å². The third kappa shape index (κ3) is 2.93. The summed E-state index contributed by atoms with van der Waals surface area (Å²) in [5.41, 5.74) is 3.58. The Morgan fingerprint density at radius 2 is 1.50 bits per heavy atom. The Labute approximate surface area is 135 Å². The van der Waals surface area contributed by atoms with Crippen LogP contribution in [0.25, 0.3) is 11.1 Å². The van der Waals surface area contributed by atoms with Gasteiger partial charge in [0, 0.05) is 11.5 Å². The Balaban J connectivity index is 2.11. The molecule has 1 atom stereocenters. The number of halogens is 1. The van der Waals surface area contributed by atoms with Crippen molar-refractivity contribution in [2.75, 3.05) is 5.88 Å². The lowest BCUT2D eigenvalue weighted by atomic mass is 9.91. The van der Waals surface area contributed by atoms with E-state index in [0.717, 1.165) is 29.5 Å². The van der Waals surface area contributed by atoms with Crippen LogP contribution in [0, 0.1) is 0 Å². The summed E-state index contributed by atoms with van der Waals surface area (Å²) in [6.07, 6.45) is 1.34. The van der Waals surface area contributed by atoms with Crippen LogP contribution in [-0.4, -0.2) is 18.0 Å². The summed E-state index contributed by atoms with van der Waals surface area (Å²) in [5.74, 6) is 0.321. The van der Waals surface area contributed by atoms with Gasteiger partial charge in [0.2, 0.25) is 0 Å². The van der Waals surface area contributed by atoms with E-state index in [1.807, 2.05) is 60.7 Å². The van der Waals surface area contributed by atoms with Crippen LogP contribution in [0.1, 0.15) is 24.0 Å². The molecule has 0 N–H and O–H groups in total. The number of rotatable bonds is 5. The van der Waals surface area contributed by atoms with Crippen LogP contribution in [0.4, 0.5) is 0 Å². The second-order valence-electron chi connectivity index (χ2n) is 5.25. The van der Waals surface area contributed by atoms with E-state index in [0.29, 0.717) is 11.5 Å². The largest absolute Gasteiger partial charge is 0.454 e. The van der Waals surface area contributed by atoms with Crippen LogP contribution >= 0.6 is 11.6 Å². The quantitative estimate of drug-likeness (QED) is 0.598. The van der Waals surface area contributed by atoms with Gasteiger partial charge in [-0.15, -0.1) is 11.6 Å². The van der Waals surface area contributed by atoms with Crippen LogP contribution in [0.5, 0.6) is 0 Å². The fraction of sp³-hybridized carbons (Fsp3) is 0.211. The maximum Gasteiger partial charge on any atom is 0.339 e. The van der Waals surface area contributed by atoms with Crippen LogP contribution in [-0.2, 0) is 9.53 Å². The fourth-order valence-corrected chi connectivity index (χ4v) is 2.96. The molecule has 0 saturated heterocycles. The van der Waals surface area contributed by atoms with Crippen molar-refractivity contribution < 1.29 is 9.53 Å². The highest BCUT2D eigenvalue weighted by molar-refractivity contribution is 6.28. The third-order valence-electron chi connectivity index (χ3n) is 3.79. The Kier molecular flexibility index (Phi) is 4.59. The Bertz CT molecular complexity index is 677. The fourth-order valence-electron chi connectivity index (χ4n) is 2.81. The van der Waals surface area contributed by atoms with Crippen LogP contribution in [0.3, 0.4) is 0 Å². The molecular weight excluding hydrogens is 296 g/mol. The molecule has 3 rings (SSSR count). The van der Waals surface area contributed by atoms with Gasteiger partial charge in [0.1, 0.15) is 6.10 Å². The van der Waals surface area contributed by atoms with Crippen molar-refractivity contribution in [2.45, 2.75) is 18.9 Å². The van der Waals surface area contributed by atoms with E-state index in [-0.39, 0.29) is 12.1 Å². The first-order chi connectivity index (χ1) is 10.8. The molecule has 0 bridgehead atoms. The summed E-state index contributed by atoms with van der Waals surface area (Å²) in [6.45, 7) is 0. The molecule has 0 aromatic heterocycles. The van der Waals surface area contributed by atoms with E-state index in [1.54, 1.807) is 0 Å². The van der Waals surface area contributed by atoms with Crippen molar-refractivity contribution in [3.8, 4) is 0 Å². The molecule has 2 aromatic carbocycles. The molecule has 0 spiro atoms. The van der Waals surface area contributed by atoms with Gasteiger partial charge in [-0.1, -0.05) is 60.7 Å². The summed E-state index contributed by atoms with van der Waals surface area (Å²) in [7, 11) is 0. The first-order valence-electron chi connectivity index (χ1n) is 7.43. The van der Waals surface area contributed by atoms with Gasteiger partial charge in [0.15, 0.2) is 0 Å². The smallest absolute Gasteiger partial charge is 0.339 e. The minimum Gasteiger partial charge on any atom is -0.454 e. The lowest BCUT2D eigenvalue weighted by Gasteiger charge is -2.14. The SMILES string of the molecule is O=C1OC(CCCCl)C(c2ccccc2)=C1c1ccccc1. The molecule has 0 amide bonds. The van der Waals surface area contributed by atoms with Gasteiger partial charge in [-0.3, -0.25) is 0 Å². The Morgan fingerprint density at radius 1 is 0.909 bits per heavy atom. The van der Waals surface area contributed by atoms with Gasteiger partial charge in [-0.05, 0) is 24.0 Å². The van der Waals surface area contributed by atoms with Crippen molar-refractivity contribution in [1.82, 2.24) is 0 Å². The van der Waals surface area contributed by atoms with Crippen molar-refractivity contribution in [3.05, 3.63) is 71.8 Å². The van der Waals surface area contributed by atoms with Gasteiger partial charge >= 0.3 is 5.97 Å². The predicted molar refractivity (Wildman–Crippen MR) is 89.5 cm³/mol. The minimum absolute atomic E-state index is 0.219. The zero-order chi connectivity index (χ0) is 15.4. The van der Waals surface area contributed by atoms with Gasteiger partial charge < -0.3 is 4.74 Å². The molecule has 1 unspecified atom stereocenters. The molecule has 22 heavy (non-hydrogen) atoms. The van der Waals surface area contributed by atoms with E-state index < -0.39 is 0 Å². The van der Waals surface area contributed by atoms with Crippen LogP contribution in [0.15, 0.2) is 60.7 Å². The van der Waals surface area contributed by atoms with Crippen molar-refractivity contribution in [3.63, 3.8) is 0 Å². The summed E-state index contributed by atoms with van der Waals surface area (Å²) in [4.78, 5) is 12.4. The number of ether oxygens (including phenoxy) is 1. The first kappa shape index (κ1) is 14.9. The maximum absolute atomic E-state index is 12.4. The molecule has 2 aromatic rings. The highest BCUT2D eigenvalue weighted by Gasteiger charge is 2.35.